The van der Waals surface area contributed by atoms with Gasteiger partial charge >= 0.3 is 0 Å². The highest BCUT2D eigenvalue weighted by molar-refractivity contribution is 6.30. The molecule has 1 aromatic rings. The summed E-state index contributed by atoms with van der Waals surface area (Å²) in [6, 6.07) is 6.90. The van der Waals surface area contributed by atoms with Crippen molar-refractivity contribution >= 4 is 17.5 Å². The first-order chi connectivity index (χ1) is 8.99. The standard InChI is InChI=1S/C14H20ClNO3/c1-3-14(2,7-8-17)16-13(18)10-19-12-6-4-5-11(15)9-12/h4-6,9,17H,3,7-8,10H2,1-2H3,(H,16,18). The molecule has 1 amide bonds. The van der Waals surface area contributed by atoms with Crippen LogP contribution in [0.5, 0.6) is 5.75 Å². The molecular formula is C14H20ClNO3. The summed E-state index contributed by atoms with van der Waals surface area (Å²) in [5, 5.41) is 12.4. The first kappa shape index (κ1) is 15.8. The highest BCUT2D eigenvalue weighted by Crippen LogP contribution is 2.17. The van der Waals surface area contributed by atoms with Crippen molar-refractivity contribution in [3.05, 3.63) is 29.3 Å². The maximum atomic E-state index is 11.8. The van der Waals surface area contributed by atoms with Gasteiger partial charge in [0.05, 0.1) is 0 Å². The zero-order valence-corrected chi connectivity index (χ0v) is 12.0. The first-order valence-corrected chi connectivity index (χ1v) is 6.67. The van der Waals surface area contributed by atoms with Crippen LogP contribution in [0.3, 0.4) is 0 Å². The van der Waals surface area contributed by atoms with Gasteiger partial charge in [0.15, 0.2) is 6.61 Å². The fourth-order valence-corrected chi connectivity index (χ4v) is 1.83. The van der Waals surface area contributed by atoms with E-state index in [1.54, 1.807) is 24.3 Å². The minimum Gasteiger partial charge on any atom is -0.484 e. The number of hydrogen-bond acceptors (Lipinski definition) is 3. The molecule has 2 N–H and O–H groups in total. The van der Waals surface area contributed by atoms with Crippen molar-refractivity contribution < 1.29 is 14.6 Å². The maximum absolute atomic E-state index is 11.8. The molecule has 106 valence electrons. The molecule has 0 spiro atoms. The quantitative estimate of drug-likeness (QED) is 0.809. The molecule has 0 saturated carbocycles. The van der Waals surface area contributed by atoms with Gasteiger partial charge in [-0.05, 0) is 38.0 Å². The molecule has 1 unspecified atom stereocenters. The van der Waals surface area contributed by atoms with Gasteiger partial charge < -0.3 is 15.2 Å². The third kappa shape index (κ3) is 5.49. The van der Waals surface area contributed by atoms with E-state index in [0.29, 0.717) is 17.2 Å². The Balaban J connectivity index is 2.47. The summed E-state index contributed by atoms with van der Waals surface area (Å²) < 4.78 is 5.36. The third-order valence-corrected chi connectivity index (χ3v) is 3.29. The van der Waals surface area contributed by atoms with Crippen molar-refractivity contribution in [2.24, 2.45) is 0 Å². The molecule has 0 saturated heterocycles. The summed E-state index contributed by atoms with van der Waals surface area (Å²) in [6.45, 7) is 3.84. The number of nitrogens with one attached hydrogen (secondary N) is 1. The smallest absolute Gasteiger partial charge is 0.258 e. The number of amides is 1. The number of rotatable bonds is 7. The van der Waals surface area contributed by atoms with Crippen molar-refractivity contribution in [1.82, 2.24) is 5.32 Å². The molecule has 4 nitrogen and oxygen atoms in total. The molecule has 0 aliphatic carbocycles. The Kier molecular flexibility index (Phi) is 6.12. The lowest BCUT2D eigenvalue weighted by molar-refractivity contribution is -0.125. The lowest BCUT2D eigenvalue weighted by Gasteiger charge is -2.28. The molecule has 0 aromatic heterocycles. The van der Waals surface area contributed by atoms with Gasteiger partial charge in [-0.25, -0.2) is 0 Å². The predicted octanol–water partition coefficient (Wildman–Crippen LogP) is 2.39. The van der Waals surface area contributed by atoms with Crippen molar-refractivity contribution in [3.8, 4) is 5.75 Å². The van der Waals surface area contributed by atoms with Crippen LogP contribution in [0.25, 0.3) is 0 Å². The summed E-state index contributed by atoms with van der Waals surface area (Å²) in [5.74, 6) is 0.348. The zero-order chi connectivity index (χ0) is 14.3. The highest BCUT2D eigenvalue weighted by Gasteiger charge is 2.23. The second-order valence-electron chi connectivity index (χ2n) is 4.68. The van der Waals surface area contributed by atoms with E-state index in [0.717, 1.165) is 6.42 Å². The Morgan fingerprint density at radius 1 is 1.53 bits per heavy atom. The Hall–Kier alpha value is -1.26. The Labute approximate surface area is 118 Å². The van der Waals surface area contributed by atoms with Crippen molar-refractivity contribution in [2.45, 2.75) is 32.2 Å². The molecule has 5 heteroatoms. The normalized spacial score (nSPS) is 13.7. The second kappa shape index (κ2) is 7.36. The highest BCUT2D eigenvalue weighted by atomic mass is 35.5. The number of hydrogen-bond donors (Lipinski definition) is 2. The number of halogens is 1. The molecule has 0 aliphatic heterocycles. The lowest BCUT2D eigenvalue weighted by Crippen LogP contribution is -2.47. The third-order valence-electron chi connectivity index (χ3n) is 3.05. The van der Waals surface area contributed by atoms with Crippen LogP contribution in [-0.2, 0) is 4.79 Å². The van der Waals surface area contributed by atoms with E-state index in [9.17, 15) is 4.79 Å². The largest absolute Gasteiger partial charge is 0.484 e. The van der Waals surface area contributed by atoms with Gasteiger partial charge in [0.2, 0.25) is 0 Å². The second-order valence-corrected chi connectivity index (χ2v) is 5.12. The number of carbonyl (C=O) groups is 1. The molecule has 19 heavy (non-hydrogen) atoms. The first-order valence-electron chi connectivity index (χ1n) is 6.29. The van der Waals surface area contributed by atoms with Gasteiger partial charge in [-0.15, -0.1) is 0 Å². The summed E-state index contributed by atoms with van der Waals surface area (Å²) in [7, 11) is 0. The van der Waals surface area contributed by atoms with Gasteiger partial charge in [0.25, 0.3) is 5.91 Å². The van der Waals surface area contributed by atoms with Gasteiger partial charge in [0.1, 0.15) is 5.75 Å². The van der Waals surface area contributed by atoms with Crippen LogP contribution >= 0.6 is 11.6 Å². The van der Waals surface area contributed by atoms with Gasteiger partial charge in [-0.3, -0.25) is 4.79 Å². The fourth-order valence-electron chi connectivity index (χ4n) is 1.65. The number of ether oxygens (including phenoxy) is 1. The maximum Gasteiger partial charge on any atom is 0.258 e. The van der Waals surface area contributed by atoms with E-state index >= 15 is 0 Å². The van der Waals surface area contributed by atoms with E-state index in [1.807, 2.05) is 13.8 Å². The van der Waals surface area contributed by atoms with E-state index in [1.165, 1.54) is 0 Å². The molecule has 0 heterocycles. The summed E-state index contributed by atoms with van der Waals surface area (Å²) >= 11 is 5.82. The Bertz CT molecular complexity index is 425. The molecule has 0 aliphatic rings. The average Bonchev–Trinajstić information content (AvgIpc) is 2.37. The van der Waals surface area contributed by atoms with Gasteiger partial charge in [-0.2, -0.15) is 0 Å². The van der Waals surface area contributed by atoms with Crippen molar-refractivity contribution in [2.75, 3.05) is 13.2 Å². The number of benzene rings is 1. The van der Waals surface area contributed by atoms with Crippen LogP contribution < -0.4 is 10.1 Å². The van der Waals surface area contributed by atoms with Crippen LogP contribution in [0.15, 0.2) is 24.3 Å². The molecule has 1 aromatic carbocycles. The monoisotopic (exact) mass is 285 g/mol. The van der Waals surface area contributed by atoms with Crippen LogP contribution in [0.4, 0.5) is 0 Å². The minimum atomic E-state index is -0.399. The predicted molar refractivity (Wildman–Crippen MR) is 75.5 cm³/mol. The molecular weight excluding hydrogens is 266 g/mol. The summed E-state index contributed by atoms with van der Waals surface area (Å²) in [5.41, 5.74) is -0.399. The minimum absolute atomic E-state index is 0.0414. The summed E-state index contributed by atoms with van der Waals surface area (Å²) in [4.78, 5) is 11.8. The lowest BCUT2D eigenvalue weighted by atomic mass is 9.95. The van der Waals surface area contributed by atoms with E-state index < -0.39 is 5.54 Å². The Morgan fingerprint density at radius 3 is 2.84 bits per heavy atom. The number of carbonyl (C=O) groups excluding carboxylic acids is 1. The molecule has 1 rings (SSSR count). The summed E-state index contributed by atoms with van der Waals surface area (Å²) in [6.07, 6.45) is 1.27. The van der Waals surface area contributed by atoms with Crippen LogP contribution in [0.1, 0.15) is 26.7 Å². The Morgan fingerprint density at radius 2 is 2.26 bits per heavy atom. The number of aliphatic hydroxyl groups is 1. The van der Waals surface area contributed by atoms with E-state index in [-0.39, 0.29) is 19.1 Å². The fraction of sp³-hybridized carbons (Fsp3) is 0.500. The van der Waals surface area contributed by atoms with Crippen LogP contribution in [-0.4, -0.2) is 29.8 Å². The van der Waals surface area contributed by atoms with Crippen molar-refractivity contribution in [1.29, 1.82) is 0 Å². The average molecular weight is 286 g/mol. The molecule has 0 bridgehead atoms. The van der Waals surface area contributed by atoms with Crippen LogP contribution in [0, 0.1) is 0 Å². The molecule has 1 atom stereocenters. The molecule has 0 radical (unpaired) electrons. The number of aliphatic hydroxyl groups excluding tert-OH is 1. The van der Waals surface area contributed by atoms with E-state index in [4.69, 9.17) is 21.4 Å². The SMILES string of the molecule is CCC(C)(CCO)NC(=O)COc1cccc(Cl)c1. The topological polar surface area (TPSA) is 58.6 Å². The van der Waals surface area contributed by atoms with Gasteiger partial charge in [-0.1, -0.05) is 24.6 Å². The van der Waals surface area contributed by atoms with Gasteiger partial charge in [0, 0.05) is 17.2 Å². The molecule has 0 fully saturated rings. The zero-order valence-electron chi connectivity index (χ0n) is 11.3. The van der Waals surface area contributed by atoms with E-state index in [2.05, 4.69) is 5.32 Å². The van der Waals surface area contributed by atoms with Crippen molar-refractivity contribution in [3.63, 3.8) is 0 Å². The van der Waals surface area contributed by atoms with Crippen LogP contribution in [0.2, 0.25) is 5.02 Å².